The second-order valence-corrected chi connectivity index (χ2v) is 4.68. The summed E-state index contributed by atoms with van der Waals surface area (Å²) >= 11 is 0. The first-order chi connectivity index (χ1) is 8.79. The zero-order chi connectivity index (χ0) is 12.5. The number of nitrogens with two attached hydrogens (primary N) is 1. The predicted molar refractivity (Wildman–Crippen MR) is 65.6 cm³/mol. The van der Waals surface area contributed by atoms with Crippen molar-refractivity contribution in [3.8, 4) is 11.5 Å². The highest BCUT2D eigenvalue weighted by Crippen LogP contribution is 2.36. The van der Waals surface area contributed by atoms with Crippen LogP contribution in [0.2, 0.25) is 0 Å². The lowest BCUT2D eigenvalue weighted by molar-refractivity contribution is 0.0783. The Morgan fingerprint density at radius 1 is 1.44 bits per heavy atom. The lowest BCUT2D eigenvalue weighted by Crippen LogP contribution is -2.30. The molecule has 2 aliphatic rings. The SMILES string of the molecule is NC[C@H]1CCN(C(=O)c2cccc3c2OCO3)C1. The fraction of sp³-hybridized carbons (Fsp3) is 0.462. The highest BCUT2D eigenvalue weighted by Gasteiger charge is 2.29. The smallest absolute Gasteiger partial charge is 0.257 e. The Morgan fingerprint density at radius 3 is 3.11 bits per heavy atom. The molecule has 0 radical (unpaired) electrons. The summed E-state index contributed by atoms with van der Waals surface area (Å²) in [6.45, 7) is 2.33. The van der Waals surface area contributed by atoms with Gasteiger partial charge < -0.3 is 20.1 Å². The zero-order valence-corrected chi connectivity index (χ0v) is 10.1. The fourth-order valence-corrected chi connectivity index (χ4v) is 2.48. The molecule has 0 unspecified atom stereocenters. The Morgan fingerprint density at radius 2 is 2.33 bits per heavy atom. The van der Waals surface area contributed by atoms with E-state index in [1.165, 1.54) is 0 Å². The van der Waals surface area contributed by atoms with E-state index in [4.69, 9.17) is 15.2 Å². The van der Waals surface area contributed by atoms with E-state index in [0.29, 0.717) is 29.5 Å². The Kier molecular flexibility index (Phi) is 2.83. The lowest BCUT2D eigenvalue weighted by atomic mass is 10.1. The summed E-state index contributed by atoms with van der Waals surface area (Å²) in [4.78, 5) is 14.3. The van der Waals surface area contributed by atoms with Gasteiger partial charge in [0.25, 0.3) is 5.91 Å². The summed E-state index contributed by atoms with van der Waals surface area (Å²) in [5.41, 5.74) is 6.23. The van der Waals surface area contributed by atoms with Crippen molar-refractivity contribution in [2.75, 3.05) is 26.4 Å². The van der Waals surface area contributed by atoms with Crippen LogP contribution < -0.4 is 15.2 Å². The minimum absolute atomic E-state index is 0.00769. The van der Waals surface area contributed by atoms with Crippen LogP contribution in [0.15, 0.2) is 18.2 Å². The highest BCUT2D eigenvalue weighted by atomic mass is 16.7. The number of carbonyl (C=O) groups is 1. The predicted octanol–water partition coefficient (Wildman–Crippen LogP) is 0.836. The number of nitrogens with zero attached hydrogens (tertiary/aromatic N) is 1. The molecule has 5 heteroatoms. The number of ether oxygens (including phenoxy) is 2. The molecular weight excluding hydrogens is 232 g/mol. The van der Waals surface area contributed by atoms with E-state index < -0.39 is 0 Å². The lowest BCUT2D eigenvalue weighted by Gasteiger charge is -2.17. The van der Waals surface area contributed by atoms with E-state index >= 15 is 0 Å². The van der Waals surface area contributed by atoms with Gasteiger partial charge in [0.05, 0.1) is 5.56 Å². The molecule has 2 heterocycles. The molecule has 1 aromatic rings. The molecule has 5 nitrogen and oxygen atoms in total. The Balaban J connectivity index is 1.83. The standard InChI is InChI=1S/C13H16N2O3/c14-6-9-4-5-15(7-9)13(16)10-2-1-3-11-12(10)18-8-17-11/h1-3,9H,4-8,14H2/t9-/m1/s1. The molecule has 1 amide bonds. The summed E-state index contributed by atoms with van der Waals surface area (Å²) in [6.07, 6.45) is 0.981. The maximum Gasteiger partial charge on any atom is 0.257 e. The molecule has 0 aliphatic carbocycles. The van der Waals surface area contributed by atoms with Crippen molar-refractivity contribution in [3.63, 3.8) is 0 Å². The van der Waals surface area contributed by atoms with Crippen LogP contribution in [0.1, 0.15) is 16.8 Å². The second kappa shape index (κ2) is 4.49. The summed E-state index contributed by atoms with van der Waals surface area (Å²) in [6, 6.07) is 5.41. The van der Waals surface area contributed by atoms with Crippen LogP contribution >= 0.6 is 0 Å². The molecule has 1 saturated heterocycles. The number of hydrogen-bond acceptors (Lipinski definition) is 4. The van der Waals surface area contributed by atoms with Crippen molar-refractivity contribution in [3.05, 3.63) is 23.8 Å². The van der Waals surface area contributed by atoms with Gasteiger partial charge in [0, 0.05) is 13.1 Å². The first kappa shape index (κ1) is 11.3. The second-order valence-electron chi connectivity index (χ2n) is 4.68. The van der Waals surface area contributed by atoms with Gasteiger partial charge in [-0.05, 0) is 31.0 Å². The molecule has 0 bridgehead atoms. The van der Waals surface area contributed by atoms with E-state index in [1.54, 1.807) is 6.07 Å². The third-order valence-electron chi connectivity index (χ3n) is 3.53. The van der Waals surface area contributed by atoms with Crippen molar-refractivity contribution in [1.29, 1.82) is 0 Å². The van der Waals surface area contributed by atoms with Crippen LogP contribution in [0.25, 0.3) is 0 Å². The Bertz CT molecular complexity index is 475. The molecule has 0 saturated carbocycles. The van der Waals surface area contributed by atoms with Gasteiger partial charge in [0.2, 0.25) is 6.79 Å². The van der Waals surface area contributed by atoms with Crippen molar-refractivity contribution in [2.24, 2.45) is 11.7 Å². The van der Waals surface area contributed by atoms with Crippen LogP contribution in [0.3, 0.4) is 0 Å². The van der Waals surface area contributed by atoms with Crippen LogP contribution in [-0.4, -0.2) is 37.2 Å². The monoisotopic (exact) mass is 248 g/mol. The molecule has 18 heavy (non-hydrogen) atoms. The van der Waals surface area contributed by atoms with Gasteiger partial charge >= 0.3 is 0 Å². The van der Waals surface area contributed by atoms with Crippen molar-refractivity contribution in [1.82, 2.24) is 4.90 Å². The largest absolute Gasteiger partial charge is 0.454 e. The maximum absolute atomic E-state index is 12.4. The highest BCUT2D eigenvalue weighted by molar-refractivity contribution is 5.98. The molecule has 1 aromatic carbocycles. The van der Waals surface area contributed by atoms with E-state index in [0.717, 1.165) is 19.5 Å². The third-order valence-corrected chi connectivity index (χ3v) is 3.53. The summed E-state index contributed by atoms with van der Waals surface area (Å²) in [5, 5.41) is 0. The topological polar surface area (TPSA) is 64.8 Å². The van der Waals surface area contributed by atoms with Gasteiger partial charge in [0.15, 0.2) is 11.5 Å². The molecule has 0 aromatic heterocycles. The van der Waals surface area contributed by atoms with Gasteiger partial charge in [-0.15, -0.1) is 0 Å². The number of hydrogen-bond donors (Lipinski definition) is 1. The molecular formula is C13H16N2O3. The number of rotatable bonds is 2. The number of benzene rings is 1. The maximum atomic E-state index is 12.4. The minimum Gasteiger partial charge on any atom is -0.454 e. The van der Waals surface area contributed by atoms with E-state index in [-0.39, 0.29) is 12.7 Å². The van der Waals surface area contributed by atoms with Gasteiger partial charge in [-0.25, -0.2) is 0 Å². The fourth-order valence-electron chi connectivity index (χ4n) is 2.48. The Labute approximate surface area is 105 Å². The van der Waals surface area contributed by atoms with Gasteiger partial charge in [-0.2, -0.15) is 0 Å². The molecule has 0 spiro atoms. The average molecular weight is 248 g/mol. The molecule has 1 fully saturated rings. The van der Waals surface area contributed by atoms with Crippen molar-refractivity contribution < 1.29 is 14.3 Å². The molecule has 2 aliphatic heterocycles. The van der Waals surface area contributed by atoms with Gasteiger partial charge in [-0.3, -0.25) is 4.79 Å². The van der Waals surface area contributed by atoms with E-state index in [9.17, 15) is 4.79 Å². The van der Waals surface area contributed by atoms with E-state index in [2.05, 4.69) is 0 Å². The van der Waals surface area contributed by atoms with Crippen LogP contribution in [0.5, 0.6) is 11.5 Å². The quantitative estimate of drug-likeness (QED) is 0.842. The molecule has 2 N–H and O–H groups in total. The van der Waals surface area contributed by atoms with Crippen molar-refractivity contribution in [2.45, 2.75) is 6.42 Å². The van der Waals surface area contributed by atoms with Crippen LogP contribution in [0, 0.1) is 5.92 Å². The van der Waals surface area contributed by atoms with Crippen LogP contribution in [-0.2, 0) is 0 Å². The van der Waals surface area contributed by atoms with Crippen molar-refractivity contribution >= 4 is 5.91 Å². The first-order valence-corrected chi connectivity index (χ1v) is 6.17. The minimum atomic E-state index is 0.00769. The normalized spacial score (nSPS) is 21.4. The first-order valence-electron chi connectivity index (χ1n) is 6.17. The Hall–Kier alpha value is -1.75. The van der Waals surface area contributed by atoms with Gasteiger partial charge in [-0.1, -0.05) is 6.07 Å². The number of fused-ring (bicyclic) bond motifs is 1. The third kappa shape index (κ3) is 1.80. The van der Waals surface area contributed by atoms with Gasteiger partial charge in [0.1, 0.15) is 0 Å². The average Bonchev–Trinajstić information content (AvgIpc) is 3.05. The molecule has 96 valence electrons. The summed E-state index contributed by atoms with van der Waals surface area (Å²) in [7, 11) is 0. The summed E-state index contributed by atoms with van der Waals surface area (Å²) in [5.74, 6) is 1.64. The summed E-state index contributed by atoms with van der Waals surface area (Å²) < 4.78 is 10.7. The van der Waals surface area contributed by atoms with E-state index in [1.807, 2.05) is 17.0 Å². The van der Waals surface area contributed by atoms with Crippen LogP contribution in [0.4, 0.5) is 0 Å². The number of likely N-dealkylation sites (tertiary alicyclic amines) is 1. The number of para-hydroxylation sites is 1. The number of carbonyl (C=O) groups excluding carboxylic acids is 1. The zero-order valence-electron chi connectivity index (χ0n) is 10.1. The number of amides is 1. The molecule has 1 atom stereocenters. The molecule has 3 rings (SSSR count).